The number of anilines is 1. The first-order chi connectivity index (χ1) is 10.5. The monoisotopic (exact) mass is 351 g/mol. The standard InChI is InChI=1S/C16H15Cl2N3S/c1-10-5-3-6-11(2)15(10)20-16(22)21-19-9-12-13(17)7-4-8-14(12)18/h3-9H,1-2H3,(H2,20,21,22). The van der Waals surface area contributed by atoms with Crippen LogP contribution in [0.4, 0.5) is 5.69 Å². The Balaban J connectivity index is 2.03. The van der Waals surface area contributed by atoms with Crippen LogP contribution in [0.5, 0.6) is 0 Å². The van der Waals surface area contributed by atoms with Crippen LogP contribution in [0.1, 0.15) is 16.7 Å². The molecule has 0 aromatic heterocycles. The second-order valence-electron chi connectivity index (χ2n) is 4.73. The maximum Gasteiger partial charge on any atom is 0.191 e. The number of thiocarbonyl (C=S) groups is 1. The molecule has 3 nitrogen and oxygen atoms in total. The van der Waals surface area contributed by atoms with Gasteiger partial charge in [-0.25, -0.2) is 0 Å². The molecule has 0 aliphatic rings. The van der Waals surface area contributed by atoms with E-state index in [-0.39, 0.29) is 0 Å². The quantitative estimate of drug-likeness (QED) is 0.467. The number of halogens is 2. The average molecular weight is 352 g/mol. The van der Waals surface area contributed by atoms with Crippen LogP contribution in [-0.4, -0.2) is 11.3 Å². The van der Waals surface area contributed by atoms with E-state index in [0.29, 0.717) is 20.7 Å². The minimum absolute atomic E-state index is 0.400. The van der Waals surface area contributed by atoms with Gasteiger partial charge in [-0.2, -0.15) is 5.10 Å². The van der Waals surface area contributed by atoms with Crippen molar-refractivity contribution >= 4 is 52.4 Å². The number of aryl methyl sites for hydroxylation is 2. The molecule has 6 heteroatoms. The molecule has 22 heavy (non-hydrogen) atoms. The number of hydrazone groups is 1. The van der Waals surface area contributed by atoms with Gasteiger partial charge in [-0.15, -0.1) is 0 Å². The van der Waals surface area contributed by atoms with Gasteiger partial charge in [-0.1, -0.05) is 47.5 Å². The summed E-state index contributed by atoms with van der Waals surface area (Å²) in [4.78, 5) is 0. The lowest BCUT2D eigenvalue weighted by Crippen LogP contribution is -2.24. The molecule has 0 aliphatic carbocycles. The lowest BCUT2D eigenvalue weighted by molar-refractivity contribution is 1.05. The summed E-state index contributed by atoms with van der Waals surface area (Å²) in [5.74, 6) is 0. The van der Waals surface area contributed by atoms with E-state index in [0.717, 1.165) is 16.8 Å². The molecule has 0 atom stereocenters. The smallest absolute Gasteiger partial charge is 0.191 e. The van der Waals surface area contributed by atoms with Crippen molar-refractivity contribution in [2.24, 2.45) is 5.10 Å². The molecule has 2 rings (SSSR count). The molecule has 114 valence electrons. The van der Waals surface area contributed by atoms with Gasteiger partial charge in [0.2, 0.25) is 0 Å². The average Bonchev–Trinajstić information content (AvgIpc) is 2.46. The van der Waals surface area contributed by atoms with Crippen molar-refractivity contribution in [3.05, 3.63) is 63.1 Å². The van der Waals surface area contributed by atoms with Crippen LogP contribution in [0, 0.1) is 13.8 Å². The number of hydrogen-bond acceptors (Lipinski definition) is 2. The summed E-state index contributed by atoms with van der Waals surface area (Å²) in [5.41, 5.74) is 6.61. The van der Waals surface area contributed by atoms with Crippen molar-refractivity contribution in [1.82, 2.24) is 5.43 Å². The molecule has 0 fully saturated rings. The summed E-state index contributed by atoms with van der Waals surface area (Å²) in [6, 6.07) is 11.3. The summed E-state index contributed by atoms with van der Waals surface area (Å²) in [5, 5.41) is 8.67. The molecule has 0 heterocycles. The van der Waals surface area contributed by atoms with E-state index in [1.54, 1.807) is 24.4 Å². The highest BCUT2D eigenvalue weighted by Crippen LogP contribution is 2.22. The van der Waals surface area contributed by atoms with Crippen molar-refractivity contribution in [3.8, 4) is 0 Å². The van der Waals surface area contributed by atoms with Gasteiger partial charge in [0.1, 0.15) is 0 Å². The fraction of sp³-hybridized carbons (Fsp3) is 0.125. The van der Waals surface area contributed by atoms with E-state index in [1.165, 1.54) is 0 Å². The van der Waals surface area contributed by atoms with Crippen molar-refractivity contribution in [2.45, 2.75) is 13.8 Å². The minimum Gasteiger partial charge on any atom is -0.331 e. The molecule has 0 aliphatic heterocycles. The van der Waals surface area contributed by atoms with Crippen LogP contribution < -0.4 is 10.7 Å². The first-order valence-corrected chi connectivity index (χ1v) is 7.75. The topological polar surface area (TPSA) is 36.4 Å². The first-order valence-electron chi connectivity index (χ1n) is 6.59. The van der Waals surface area contributed by atoms with Gasteiger partial charge in [0.15, 0.2) is 5.11 Å². The normalized spacial score (nSPS) is 10.7. The minimum atomic E-state index is 0.400. The molecule has 0 unspecified atom stereocenters. The Morgan fingerprint density at radius 1 is 1.05 bits per heavy atom. The third-order valence-electron chi connectivity index (χ3n) is 3.08. The van der Waals surface area contributed by atoms with Gasteiger partial charge in [0, 0.05) is 11.3 Å². The summed E-state index contributed by atoms with van der Waals surface area (Å²) in [6.45, 7) is 4.04. The first kappa shape index (κ1) is 16.7. The van der Waals surface area contributed by atoms with Gasteiger partial charge < -0.3 is 5.32 Å². The summed E-state index contributed by atoms with van der Waals surface area (Å²) < 4.78 is 0. The van der Waals surface area contributed by atoms with Crippen molar-refractivity contribution in [1.29, 1.82) is 0 Å². The third-order valence-corrected chi connectivity index (χ3v) is 3.93. The zero-order chi connectivity index (χ0) is 16.1. The number of benzene rings is 2. The molecule has 2 N–H and O–H groups in total. The molecule has 0 radical (unpaired) electrons. The molecule has 0 saturated heterocycles. The van der Waals surface area contributed by atoms with E-state index >= 15 is 0 Å². The predicted octanol–water partition coefficient (Wildman–Crippen LogP) is 4.93. The highest BCUT2D eigenvalue weighted by molar-refractivity contribution is 7.80. The lowest BCUT2D eigenvalue weighted by Gasteiger charge is -2.12. The van der Waals surface area contributed by atoms with Crippen molar-refractivity contribution in [3.63, 3.8) is 0 Å². The van der Waals surface area contributed by atoms with E-state index in [4.69, 9.17) is 35.4 Å². The number of hydrogen-bond donors (Lipinski definition) is 2. The van der Waals surface area contributed by atoms with Crippen molar-refractivity contribution < 1.29 is 0 Å². The van der Waals surface area contributed by atoms with Crippen LogP contribution in [-0.2, 0) is 0 Å². The maximum absolute atomic E-state index is 6.06. The number of nitrogens with zero attached hydrogens (tertiary/aromatic N) is 1. The molecule has 0 saturated carbocycles. The molecule has 2 aromatic carbocycles. The summed E-state index contributed by atoms with van der Waals surface area (Å²) >= 11 is 17.4. The Morgan fingerprint density at radius 3 is 2.18 bits per heavy atom. The van der Waals surface area contributed by atoms with Gasteiger partial charge in [0.05, 0.1) is 16.3 Å². The van der Waals surface area contributed by atoms with E-state index in [2.05, 4.69) is 15.8 Å². The highest BCUT2D eigenvalue weighted by Gasteiger charge is 2.04. The van der Waals surface area contributed by atoms with Crippen LogP contribution in [0.15, 0.2) is 41.5 Å². The van der Waals surface area contributed by atoms with Crippen LogP contribution in [0.3, 0.4) is 0 Å². The lowest BCUT2D eigenvalue weighted by atomic mass is 10.1. The largest absolute Gasteiger partial charge is 0.331 e. The van der Waals surface area contributed by atoms with Gasteiger partial charge in [0.25, 0.3) is 0 Å². The SMILES string of the molecule is Cc1cccc(C)c1NC(=S)NN=Cc1c(Cl)cccc1Cl. The number of nitrogens with one attached hydrogen (secondary N) is 2. The van der Waals surface area contributed by atoms with Gasteiger partial charge >= 0.3 is 0 Å². The maximum atomic E-state index is 6.06. The molecule has 0 bridgehead atoms. The second-order valence-corrected chi connectivity index (χ2v) is 5.95. The second kappa shape index (κ2) is 7.58. The third kappa shape index (κ3) is 4.19. The Kier molecular flexibility index (Phi) is 5.77. The van der Waals surface area contributed by atoms with Crippen molar-refractivity contribution in [2.75, 3.05) is 5.32 Å². The zero-order valence-corrected chi connectivity index (χ0v) is 14.5. The fourth-order valence-corrected chi connectivity index (χ4v) is 2.59. The van der Waals surface area contributed by atoms with Gasteiger partial charge in [-0.3, -0.25) is 5.43 Å². The van der Waals surface area contributed by atoms with Crippen LogP contribution >= 0.6 is 35.4 Å². The highest BCUT2D eigenvalue weighted by atomic mass is 35.5. The molecule has 0 amide bonds. The van der Waals surface area contributed by atoms with E-state index in [1.807, 2.05) is 32.0 Å². The summed E-state index contributed by atoms with van der Waals surface area (Å²) in [7, 11) is 0. The Morgan fingerprint density at radius 2 is 1.59 bits per heavy atom. The fourth-order valence-electron chi connectivity index (χ4n) is 1.94. The van der Waals surface area contributed by atoms with E-state index in [9.17, 15) is 0 Å². The molecular weight excluding hydrogens is 337 g/mol. The Hall–Kier alpha value is -1.62. The van der Waals surface area contributed by atoms with Gasteiger partial charge in [-0.05, 0) is 49.3 Å². The Labute approximate surface area is 145 Å². The molecule has 2 aromatic rings. The predicted molar refractivity (Wildman–Crippen MR) is 99.3 cm³/mol. The molecule has 0 spiro atoms. The Bertz CT molecular complexity index is 689. The zero-order valence-electron chi connectivity index (χ0n) is 12.2. The summed E-state index contributed by atoms with van der Waals surface area (Å²) in [6.07, 6.45) is 1.54. The number of para-hydroxylation sites is 1. The number of rotatable bonds is 3. The van der Waals surface area contributed by atoms with Crippen LogP contribution in [0.25, 0.3) is 0 Å². The molecular formula is C16H15Cl2N3S. The van der Waals surface area contributed by atoms with Crippen LogP contribution in [0.2, 0.25) is 10.0 Å². The van der Waals surface area contributed by atoms with E-state index < -0.39 is 0 Å².